The summed E-state index contributed by atoms with van der Waals surface area (Å²) in [4.78, 5) is 77.2. The Balaban J connectivity index is 0.000000674. The van der Waals surface area contributed by atoms with Gasteiger partial charge in [-0.3, -0.25) is 29.1 Å². The van der Waals surface area contributed by atoms with Crippen LogP contribution in [0, 0.1) is 0 Å². The minimum Gasteiger partial charge on any atom is -0.481 e. The van der Waals surface area contributed by atoms with Gasteiger partial charge in [-0.05, 0) is 62.8 Å². The van der Waals surface area contributed by atoms with Crippen molar-refractivity contribution in [3.05, 3.63) is 65.8 Å². The molecule has 5 N–H and O–H groups in total. The molecule has 2 rings (SSSR count). The highest BCUT2D eigenvalue weighted by Crippen LogP contribution is 2.12. The highest BCUT2D eigenvalue weighted by Gasteiger charge is 2.22. The van der Waals surface area contributed by atoms with Crippen molar-refractivity contribution in [2.45, 2.75) is 58.0 Å². The first-order valence-electron chi connectivity index (χ1n) is 14.4. The minimum absolute atomic E-state index is 0.0905. The molecule has 250 valence electrons. The number of thioether (sulfide) groups is 1. The number of carbonyl (C=O) groups is 6. The Morgan fingerprint density at radius 1 is 0.978 bits per heavy atom. The Bertz CT molecular complexity index is 1340. The third kappa shape index (κ3) is 15.9. The molecule has 0 radical (unpaired) electrons. The van der Waals surface area contributed by atoms with Crippen LogP contribution < -0.4 is 11.1 Å². The summed E-state index contributed by atoms with van der Waals surface area (Å²) in [5.41, 5.74) is 7.64. The summed E-state index contributed by atoms with van der Waals surface area (Å²) in [5.74, 6) is -3.37. The molecular formula is C31H40N4O10S. The fraction of sp³-hybridized carbons (Fsp3) is 0.419. The quantitative estimate of drug-likeness (QED) is 0.126. The molecular weight excluding hydrogens is 620 g/mol. The Kier molecular flexibility index (Phi) is 18.8. The number of ketones is 1. The highest BCUT2D eigenvalue weighted by molar-refractivity contribution is 7.99. The van der Waals surface area contributed by atoms with Gasteiger partial charge >= 0.3 is 23.9 Å². The molecule has 0 aliphatic carbocycles. The normalized spacial score (nSPS) is 11.5. The fourth-order valence-electron chi connectivity index (χ4n) is 3.49. The topological polar surface area (TPSA) is 225 Å². The summed E-state index contributed by atoms with van der Waals surface area (Å²) in [7, 11) is 0. The summed E-state index contributed by atoms with van der Waals surface area (Å²) in [5, 5.41) is 20.1. The Morgan fingerprint density at radius 2 is 1.65 bits per heavy atom. The number of carboxylic acid groups (broad SMARTS) is 2. The molecule has 0 aliphatic heterocycles. The maximum atomic E-state index is 12.4. The standard InChI is InChI=1S/C21H29N3O8S.C10H11NO2/c1-2-32-21(31)13-7-9-23-14(11-13)8-10-33-12-16(17(25)4-6-19(27)28)24-18(26)5-3-15(22)20(29)30;1-3-9-6-5-8(7-11-9)10(12)13-4-2/h7,9,11,15-16H,2-6,8,10,12,22H2,1H3,(H,24,26)(H,27,28)(H,29,30);3,5-7H,1,4H2,2H3. The minimum atomic E-state index is -1.23. The maximum absolute atomic E-state index is 12.4. The second-order valence-electron chi connectivity index (χ2n) is 9.44. The molecule has 0 saturated carbocycles. The highest BCUT2D eigenvalue weighted by atomic mass is 32.2. The number of rotatable bonds is 19. The van der Waals surface area contributed by atoms with Crippen molar-refractivity contribution >= 4 is 53.4 Å². The number of aliphatic carboxylic acids is 2. The molecule has 2 heterocycles. The van der Waals surface area contributed by atoms with Gasteiger partial charge in [0.1, 0.15) is 6.04 Å². The van der Waals surface area contributed by atoms with Gasteiger partial charge in [0.05, 0.1) is 42.5 Å². The summed E-state index contributed by atoms with van der Waals surface area (Å²) in [6.45, 7) is 7.68. The van der Waals surface area contributed by atoms with Gasteiger partial charge in [0, 0.05) is 36.7 Å². The van der Waals surface area contributed by atoms with Gasteiger partial charge in [0.15, 0.2) is 5.78 Å². The molecule has 14 nitrogen and oxygen atoms in total. The lowest BCUT2D eigenvalue weighted by Gasteiger charge is -2.18. The van der Waals surface area contributed by atoms with Crippen molar-refractivity contribution in [3.8, 4) is 0 Å². The van der Waals surface area contributed by atoms with Crippen LogP contribution in [-0.2, 0) is 35.1 Å². The molecule has 0 saturated heterocycles. The molecule has 0 spiro atoms. The average molecular weight is 661 g/mol. The van der Waals surface area contributed by atoms with E-state index in [4.69, 9.17) is 25.4 Å². The van der Waals surface area contributed by atoms with Crippen molar-refractivity contribution in [1.29, 1.82) is 0 Å². The molecule has 46 heavy (non-hydrogen) atoms. The zero-order valence-electron chi connectivity index (χ0n) is 25.8. The Hall–Kier alpha value is -4.63. The van der Waals surface area contributed by atoms with E-state index in [0.29, 0.717) is 35.6 Å². The van der Waals surface area contributed by atoms with E-state index in [-0.39, 0.29) is 44.0 Å². The van der Waals surface area contributed by atoms with Gasteiger partial charge < -0.3 is 30.7 Å². The Morgan fingerprint density at radius 3 is 2.22 bits per heavy atom. The van der Waals surface area contributed by atoms with E-state index in [1.54, 1.807) is 44.2 Å². The lowest BCUT2D eigenvalue weighted by Crippen LogP contribution is -2.43. The lowest BCUT2D eigenvalue weighted by atomic mass is 10.1. The Labute approximate surface area is 271 Å². The number of pyridine rings is 2. The molecule has 15 heteroatoms. The molecule has 2 aromatic rings. The number of nitrogens with two attached hydrogens (primary N) is 1. The van der Waals surface area contributed by atoms with Crippen LogP contribution >= 0.6 is 11.8 Å². The van der Waals surface area contributed by atoms with Crippen LogP contribution in [-0.4, -0.2) is 92.6 Å². The van der Waals surface area contributed by atoms with E-state index in [9.17, 15) is 28.8 Å². The van der Waals surface area contributed by atoms with Crippen molar-refractivity contribution in [1.82, 2.24) is 15.3 Å². The third-order valence-corrected chi connectivity index (χ3v) is 6.99. The van der Waals surface area contributed by atoms with Crippen LogP contribution in [0.15, 0.2) is 43.2 Å². The predicted molar refractivity (Wildman–Crippen MR) is 170 cm³/mol. The van der Waals surface area contributed by atoms with Gasteiger partial charge in [-0.1, -0.05) is 6.58 Å². The second-order valence-corrected chi connectivity index (χ2v) is 10.6. The van der Waals surface area contributed by atoms with Crippen LogP contribution in [0.4, 0.5) is 0 Å². The van der Waals surface area contributed by atoms with E-state index < -0.39 is 41.7 Å². The van der Waals surface area contributed by atoms with Crippen LogP contribution in [0.1, 0.15) is 71.6 Å². The maximum Gasteiger partial charge on any atom is 0.339 e. The van der Waals surface area contributed by atoms with Crippen molar-refractivity contribution in [2.75, 3.05) is 24.7 Å². The number of hydrogen-bond donors (Lipinski definition) is 4. The number of amides is 1. The molecule has 2 atom stereocenters. The van der Waals surface area contributed by atoms with E-state index in [2.05, 4.69) is 21.9 Å². The SMILES string of the molecule is C=Cc1ccc(C(=O)OCC)cn1.CCOC(=O)c1ccnc(CCSCC(NC(=O)CCC(N)C(=O)O)C(=O)CCC(=O)O)c1. The number of aryl methyl sites for hydroxylation is 1. The molecule has 0 fully saturated rings. The number of carboxylic acids is 2. The molecule has 0 aliphatic rings. The average Bonchev–Trinajstić information content (AvgIpc) is 3.04. The van der Waals surface area contributed by atoms with E-state index in [1.807, 2.05) is 0 Å². The smallest absolute Gasteiger partial charge is 0.339 e. The summed E-state index contributed by atoms with van der Waals surface area (Å²) in [6.07, 6.45) is 4.24. The third-order valence-electron chi connectivity index (χ3n) is 5.93. The van der Waals surface area contributed by atoms with Crippen molar-refractivity contribution < 1.29 is 48.5 Å². The first kappa shape index (κ1) is 39.4. The number of Topliss-reactive ketones (excluding diaryl/α,β-unsaturated/α-hetero) is 1. The number of esters is 2. The van der Waals surface area contributed by atoms with Crippen molar-refractivity contribution in [3.63, 3.8) is 0 Å². The van der Waals surface area contributed by atoms with Gasteiger partial charge in [-0.2, -0.15) is 11.8 Å². The zero-order chi connectivity index (χ0) is 34.5. The number of hydrogen-bond acceptors (Lipinski definition) is 12. The summed E-state index contributed by atoms with van der Waals surface area (Å²) >= 11 is 1.36. The van der Waals surface area contributed by atoms with Crippen LogP contribution in [0.5, 0.6) is 0 Å². The van der Waals surface area contributed by atoms with Gasteiger partial charge in [0.2, 0.25) is 5.91 Å². The lowest BCUT2D eigenvalue weighted by molar-refractivity contribution is -0.139. The monoisotopic (exact) mass is 660 g/mol. The number of nitrogens with one attached hydrogen (secondary N) is 1. The molecule has 2 aromatic heterocycles. The first-order valence-corrected chi connectivity index (χ1v) is 15.5. The van der Waals surface area contributed by atoms with E-state index in [0.717, 1.165) is 5.69 Å². The molecule has 1 amide bonds. The van der Waals surface area contributed by atoms with E-state index >= 15 is 0 Å². The second kappa shape index (κ2) is 22.0. The van der Waals surface area contributed by atoms with Crippen LogP contribution in [0.3, 0.4) is 0 Å². The van der Waals surface area contributed by atoms with Crippen LogP contribution in [0.25, 0.3) is 6.08 Å². The zero-order valence-corrected chi connectivity index (χ0v) is 26.6. The first-order chi connectivity index (χ1) is 21.9. The number of nitrogens with zero attached hydrogens (tertiary/aromatic N) is 2. The van der Waals surface area contributed by atoms with Gasteiger partial charge in [-0.15, -0.1) is 0 Å². The molecule has 0 bridgehead atoms. The van der Waals surface area contributed by atoms with E-state index in [1.165, 1.54) is 24.2 Å². The largest absolute Gasteiger partial charge is 0.481 e. The number of ether oxygens (including phenoxy) is 2. The number of aromatic nitrogens is 2. The number of carbonyl (C=O) groups excluding carboxylic acids is 4. The van der Waals surface area contributed by atoms with Crippen LogP contribution in [0.2, 0.25) is 0 Å². The van der Waals surface area contributed by atoms with Gasteiger partial charge in [0.25, 0.3) is 0 Å². The van der Waals surface area contributed by atoms with Crippen molar-refractivity contribution in [2.24, 2.45) is 5.73 Å². The molecule has 2 unspecified atom stereocenters. The van der Waals surface area contributed by atoms with Gasteiger partial charge in [-0.25, -0.2) is 9.59 Å². The summed E-state index contributed by atoms with van der Waals surface area (Å²) < 4.78 is 9.76. The summed E-state index contributed by atoms with van der Waals surface area (Å²) in [6, 6.07) is 4.46. The molecule has 0 aromatic carbocycles. The predicted octanol–water partition coefficient (Wildman–Crippen LogP) is 2.55. The fourth-order valence-corrected chi connectivity index (χ4v) is 4.52.